The van der Waals surface area contributed by atoms with Crippen molar-refractivity contribution in [2.75, 3.05) is 6.54 Å². The Kier molecular flexibility index (Phi) is 4.98. The predicted octanol–water partition coefficient (Wildman–Crippen LogP) is 3.96. The summed E-state index contributed by atoms with van der Waals surface area (Å²) in [5, 5.41) is 8.78. The van der Waals surface area contributed by atoms with Gasteiger partial charge in [0.15, 0.2) is 0 Å². The maximum absolute atomic E-state index is 13.2. The first-order valence-electron chi connectivity index (χ1n) is 9.76. The number of rotatable bonds is 4. The summed E-state index contributed by atoms with van der Waals surface area (Å²) in [6.07, 6.45) is 8.48. The number of hydrogen-bond donors (Lipinski definition) is 0. The van der Waals surface area contributed by atoms with Crippen LogP contribution in [0.25, 0.3) is 11.1 Å². The maximum Gasteiger partial charge on any atom is 0.293 e. The van der Waals surface area contributed by atoms with Crippen molar-refractivity contribution in [1.82, 2.24) is 24.8 Å². The molecule has 1 fully saturated rings. The summed E-state index contributed by atoms with van der Waals surface area (Å²) in [5.41, 5.74) is 3.81. The molecule has 3 aromatic rings. The molecule has 7 nitrogen and oxygen atoms in total. The van der Waals surface area contributed by atoms with E-state index in [1.165, 1.54) is 0 Å². The number of carbonyl (C=O) groups is 1. The van der Waals surface area contributed by atoms with Crippen LogP contribution in [0, 0.1) is 0 Å². The second-order valence-corrected chi connectivity index (χ2v) is 7.62. The predicted molar refractivity (Wildman–Crippen MR) is 105 cm³/mol. The highest BCUT2D eigenvalue weighted by Crippen LogP contribution is 2.36. The minimum atomic E-state index is -0.115. The topological polar surface area (TPSA) is 77.0 Å². The van der Waals surface area contributed by atoms with Gasteiger partial charge in [0.05, 0.1) is 17.4 Å². The monoisotopic (exact) mass is 379 g/mol. The number of aromatic nitrogens is 4. The fourth-order valence-electron chi connectivity index (χ4n) is 3.77. The molecule has 1 amide bonds. The quantitative estimate of drug-likeness (QED) is 0.686. The van der Waals surface area contributed by atoms with Gasteiger partial charge in [0.1, 0.15) is 0 Å². The molecule has 0 saturated carbocycles. The minimum absolute atomic E-state index is 0.0850. The number of amides is 1. The highest BCUT2D eigenvalue weighted by molar-refractivity contribution is 5.92. The Hall–Kier alpha value is -2.96. The van der Waals surface area contributed by atoms with Gasteiger partial charge >= 0.3 is 0 Å². The number of nitrogens with zero attached hydrogens (tertiary/aromatic N) is 5. The molecule has 146 valence electrons. The summed E-state index contributed by atoms with van der Waals surface area (Å²) >= 11 is 0. The van der Waals surface area contributed by atoms with Crippen molar-refractivity contribution in [3.8, 4) is 11.1 Å². The normalized spacial score (nSPS) is 17.3. The van der Waals surface area contributed by atoms with Crippen molar-refractivity contribution in [1.29, 1.82) is 0 Å². The molecule has 0 radical (unpaired) electrons. The van der Waals surface area contributed by atoms with Crippen LogP contribution in [0.1, 0.15) is 67.0 Å². The fourth-order valence-corrected chi connectivity index (χ4v) is 3.77. The second kappa shape index (κ2) is 7.58. The van der Waals surface area contributed by atoms with E-state index in [9.17, 15) is 4.79 Å². The van der Waals surface area contributed by atoms with Crippen LogP contribution < -0.4 is 0 Å². The molecule has 1 aliphatic rings. The standard InChI is InChI=1S/C21H25N5O2/c1-14(2)17-12-19(28-24-17)21(27)26-11-5-4-6-18(26)20-16(13-25(3)23-20)15-7-9-22-10-8-15/h7-10,12-14,18H,4-6,11H2,1-3H3/t18-/m1/s1. The molecule has 4 heterocycles. The van der Waals surface area contributed by atoms with Crippen molar-refractivity contribution in [2.24, 2.45) is 7.05 Å². The Balaban J connectivity index is 1.69. The van der Waals surface area contributed by atoms with Crippen molar-refractivity contribution in [2.45, 2.75) is 45.1 Å². The molecule has 1 atom stereocenters. The second-order valence-electron chi connectivity index (χ2n) is 7.62. The molecule has 0 N–H and O–H groups in total. The van der Waals surface area contributed by atoms with Crippen LogP contribution in [0.5, 0.6) is 0 Å². The smallest absolute Gasteiger partial charge is 0.293 e. The Bertz CT molecular complexity index is 960. The molecular formula is C21H25N5O2. The van der Waals surface area contributed by atoms with Crippen LogP contribution in [0.4, 0.5) is 0 Å². The molecule has 0 bridgehead atoms. The van der Waals surface area contributed by atoms with Crippen LogP contribution in [0.2, 0.25) is 0 Å². The van der Waals surface area contributed by atoms with E-state index in [0.29, 0.717) is 12.3 Å². The Morgan fingerprint density at radius 3 is 2.75 bits per heavy atom. The zero-order valence-electron chi connectivity index (χ0n) is 16.5. The van der Waals surface area contributed by atoms with E-state index in [2.05, 4.69) is 10.1 Å². The lowest BCUT2D eigenvalue weighted by Gasteiger charge is -2.34. The van der Waals surface area contributed by atoms with Crippen molar-refractivity contribution in [3.63, 3.8) is 0 Å². The SMILES string of the molecule is CC(C)c1cc(C(=O)N2CCCC[C@@H]2c2nn(C)cc2-c2ccncc2)on1. The van der Waals surface area contributed by atoms with Gasteiger partial charge in [-0.25, -0.2) is 0 Å². The third-order valence-electron chi connectivity index (χ3n) is 5.26. The third-order valence-corrected chi connectivity index (χ3v) is 5.26. The molecule has 28 heavy (non-hydrogen) atoms. The number of hydrogen-bond acceptors (Lipinski definition) is 5. The van der Waals surface area contributed by atoms with Crippen LogP contribution in [0.3, 0.4) is 0 Å². The van der Waals surface area contributed by atoms with Crippen LogP contribution >= 0.6 is 0 Å². The van der Waals surface area contributed by atoms with E-state index in [-0.39, 0.29) is 17.9 Å². The van der Waals surface area contributed by atoms with Gasteiger partial charge < -0.3 is 9.42 Å². The zero-order valence-corrected chi connectivity index (χ0v) is 16.5. The van der Waals surface area contributed by atoms with Gasteiger partial charge in [-0.2, -0.15) is 5.10 Å². The maximum atomic E-state index is 13.2. The Morgan fingerprint density at radius 2 is 2.04 bits per heavy atom. The van der Waals surface area contributed by atoms with Crippen molar-refractivity contribution in [3.05, 3.63) is 53.9 Å². The third kappa shape index (κ3) is 3.44. The van der Waals surface area contributed by atoms with E-state index < -0.39 is 0 Å². The molecule has 1 aliphatic heterocycles. The van der Waals surface area contributed by atoms with E-state index in [0.717, 1.165) is 41.8 Å². The van der Waals surface area contributed by atoms with E-state index >= 15 is 0 Å². The summed E-state index contributed by atoms with van der Waals surface area (Å²) in [6.45, 7) is 4.75. The van der Waals surface area contributed by atoms with E-state index in [1.54, 1.807) is 18.5 Å². The molecule has 4 rings (SSSR count). The summed E-state index contributed by atoms with van der Waals surface area (Å²) < 4.78 is 7.18. The largest absolute Gasteiger partial charge is 0.351 e. The van der Waals surface area contributed by atoms with Crippen LogP contribution in [-0.4, -0.2) is 37.3 Å². The first-order chi connectivity index (χ1) is 13.5. The molecule has 0 aromatic carbocycles. The first kappa shape index (κ1) is 18.4. The minimum Gasteiger partial charge on any atom is -0.351 e. The lowest BCUT2D eigenvalue weighted by molar-refractivity contribution is 0.0563. The van der Waals surface area contributed by atoms with Gasteiger partial charge in [-0.3, -0.25) is 14.5 Å². The summed E-state index contributed by atoms with van der Waals surface area (Å²) in [4.78, 5) is 19.2. The number of aryl methyl sites for hydroxylation is 1. The highest BCUT2D eigenvalue weighted by Gasteiger charge is 2.34. The van der Waals surface area contributed by atoms with E-state index in [4.69, 9.17) is 9.62 Å². The fraction of sp³-hybridized carbons (Fsp3) is 0.429. The zero-order chi connectivity index (χ0) is 19.7. The van der Waals surface area contributed by atoms with Gasteiger partial charge in [0.2, 0.25) is 5.76 Å². The highest BCUT2D eigenvalue weighted by atomic mass is 16.5. The van der Waals surface area contributed by atoms with Crippen molar-refractivity contribution < 1.29 is 9.32 Å². The Labute approximate surface area is 164 Å². The van der Waals surface area contributed by atoms with Crippen molar-refractivity contribution >= 4 is 5.91 Å². The number of carbonyl (C=O) groups excluding carboxylic acids is 1. The van der Waals surface area contributed by atoms with Gasteiger partial charge in [-0.1, -0.05) is 19.0 Å². The molecule has 7 heteroatoms. The number of likely N-dealkylation sites (tertiary alicyclic amines) is 1. The van der Waals surface area contributed by atoms with E-state index in [1.807, 2.05) is 48.8 Å². The number of piperidine rings is 1. The molecular weight excluding hydrogens is 354 g/mol. The average Bonchev–Trinajstić information content (AvgIpc) is 3.35. The molecule has 0 aliphatic carbocycles. The van der Waals surface area contributed by atoms with Crippen LogP contribution in [-0.2, 0) is 7.05 Å². The summed E-state index contributed by atoms with van der Waals surface area (Å²) in [5.74, 6) is 0.406. The van der Waals surface area contributed by atoms with Gasteiger partial charge in [0, 0.05) is 43.8 Å². The Morgan fingerprint density at radius 1 is 1.25 bits per heavy atom. The van der Waals surface area contributed by atoms with Crippen LogP contribution in [0.15, 0.2) is 41.3 Å². The van der Waals surface area contributed by atoms with Gasteiger partial charge in [-0.05, 0) is 42.9 Å². The van der Waals surface area contributed by atoms with Gasteiger partial charge in [0.25, 0.3) is 5.91 Å². The molecule has 0 spiro atoms. The summed E-state index contributed by atoms with van der Waals surface area (Å²) in [7, 11) is 1.91. The molecule has 1 saturated heterocycles. The number of pyridine rings is 1. The molecule has 0 unspecified atom stereocenters. The molecule has 3 aromatic heterocycles. The summed E-state index contributed by atoms with van der Waals surface area (Å²) in [6, 6.07) is 5.63. The lowest BCUT2D eigenvalue weighted by atomic mass is 9.94. The average molecular weight is 379 g/mol. The first-order valence-corrected chi connectivity index (χ1v) is 9.76. The lowest BCUT2D eigenvalue weighted by Crippen LogP contribution is -2.38. The van der Waals surface area contributed by atoms with Gasteiger partial charge in [-0.15, -0.1) is 0 Å².